The van der Waals surface area contributed by atoms with Crippen molar-refractivity contribution in [2.75, 3.05) is 12.3 Å². The highest BCUT2D eigenvalue weighted by atomic mass is 79.9. The molecule has 0 aromatic heterocycles. The van der Waals surface area contributed by atoms with E-state index in [0.717, 1.165) is 0 Å². The summed E-state index contributed by atoms with van der Waals surface area (Å²) in [5, 5.41) is 8.63. The zero-order chi connectivity index (χ0) is 13.7. The van der Waals surface area contributed by atoms with Crippen molar-refractivity contribution in [1.82, 2.24) is 4.90 Å². The van der Waals surface area contributed by atoms with Crippen LogP contribution in [0.25, 0.3) is 0 Å². The quantitative estimate of drug-likeness (QED) is 0.869. The van der Waals surface area contributed by atoms with E-state index in [4.69, 9.17) is 11.0 Å². The molecule has 96 valence electrons. The van der Waals surface area contributed by atoms with Crippen molar-refractivity contribution in [3.8, 4) is 6.07 Å². The smallest absolute Gasteiger partial charge is 0.255 e. The predicted molar refractivity (Wildman–Crippen MR) is 75.0 cm³/mol. The average molecular weight is 310 g/mol. The number of anilines is 1. The fourth-order valence-electron chi connectivity index (χ4n) is 1.63. The predicted octanol–water partition coefficient (Wildman–Crippen LogP) is 2.80. The molecule has 0 saturated heterocycles. The van der Waals surface area contributed by atoms with E-state index in [9.17, 15) is 4.79 Å². The maximum absolute atomic E-state index is 12.4. The molecule has 5 heteroatoms. The standard InChI is InChI=1S/C13H16BrN3O/c1-9(2)17(8-4-7-15)13(18)10-5-3-6-11(16)12(10)14/h3,5-6,9H,4,8,16H2,1-2H3. The van der Waals surface area contributed by atoms with Gasteiger partial charge in [0.2, 0.25) is 0 Å². The minimum absolute atomic E-state index is 0.0409. The van der Waals surface area contributed by atoms with Gasteiger partial charge < -0.3 is 10.6 Å². The first-order valence-electron chi connectivity index (χ1n) is 5.71. The molecule has 0 saturated carbocycles. The minimum Gasteiger partial charge on any atom is -0.398 e. The molecule has 0 heterocycles. The van der Waals surface area contributed by atoms with Crippen molar-refractivity contribution in [2.45, 2.75) is 26.3 Å². The lowest BCUT2D eigenvalue weighted by molar-refractivity contribution is 0.0709. The summed E-state index contributed by atoms with van der Waals surface area (Å²) >= 11 is 3.33. The third-order valence-corrected chi connectivity index (χ3v) is 3.49. The van der Waals surface area contributed by atoms with Gasteiger partial charge in [0.15, 0.2) is 0 Å². The second-order valence-electron chi connectivity index (χ2n) is 4.21. The van der Waals surface area contributed by atoms with Gasteiger partial charge >= 0.3 is 0 Å². The summed E-state index contributed by atoms with van der Waals surface area (Å²) in [4.78, 5) is 14.1. The van der Waals surface area contributed by atoms with E-state index < -0.39 is 0 Å². The maximum Gasteiger partial charge on any atom is 0.255 e. The molecule has 0 aliphatic rings. The summed E-state index contributed by atoms with van der Waals surface area (Å²) in [6, 6.07) is 7.30. The summed E-state index contributed by atoms with van der Waals surface area (Å²) < 4.78 is 0.609. The molecule has 1 amide bonds. The van der Waals surface area contributed by atoms with Gasteiger partial charge in [-0.25, -0.2) is 0 Å². The van der Waals surface area contributed by atoms with E-state index in [1.807, 2.05) is 13.8 Å². The molecule has 0 aliphatic carbocycles. The Kier molecular flexibility index (Phi) is 5.17. The Bertz CT molecular complexity index is 480. The highest BCUT2D eigenvalue weighted by molar-refractivity contribution is 9.10. The topological polar surface area (TPSA) is 70.1 Å². The number of carbonyl (C=O) groups excluding carboxylic acids is 1. The highest BCUT2D eigenvalue weighted by Gasteiger charge is 2.21. The highest BCUT2D eigenvalue weighted by Crippen LogP contribution is 2.25. The molecule has 0 fully saturated rings. The van der Waals surface area contributed by atoms with Gasteiger partial charge in [-0.05, 0) is 41.9 Å². The number of rotatable bonds is 4. The lowest BCUT2D eigenvalue weighted by atomic mass is 10.1. The molecule has 0 spiro atoms. The summed E-state index contributed by atoms with van der Waals surface area (Å²) in [5.41, 5.74) is 6.83. The number of nitrogens with zero attached hydrogens (tertiary/aromatic N) is 2. The monoisotopic (exact) mass is 309 g/mol. The summed E-state index contributed by atoms with van der Waals surface area (Å²) in [6.45, 7) is 4.28. The molecule has 0 aliphatic heterocycles. The van der Waals surface area contributed by atoms with E-state index in [-0.39, 0.29) is 11.9 Å². The van der Waals surface area contributed by atoms with Crippen LogP contribution in [0, 0.1) is 11.3 Å². The molecule has 0 bridgehead atoms. The van der Waals surface area contributed by atoms with Gasteiger partial charge in [-0.3, -0.25) is 4.79 Å². The third kappa shape index (κ3) is 3.23. The fraction of sp³-hybridized carbons (Fsp3) is 0.385. The molecule has 1 aromatic rings. The zero-order valence-electron chi connectivity index (χ0n) is 10.5. The van der Waals surface area contributed by atoms with Crippen molar-refractivity contribution >= 4 is 27.5 Å². The molecule has 0 unspecified atom stereocenters. The van der Waals surface area contributed by atoms with E-state index >= 15 is 0 Å². The van der Waals surface area contributed by atoms with E-state index in [0.29, 0.717) is 28.7 Å². The van der Waals surface area contributed by atoms with Crippen LogP contribution in [0.5, 0.6) is 0 Å². The SMILES string of the molecule is CC(C)N(CCC#N)C(=O)c1cccc(N)c1Br. The lowest BCUT2D eigenvalue weighted by Gasteiger charge is -2.26. The van der Waals surface area contributed by atoms with E-state index in [2.05, 4.69) is 22.0 Å². The average Bonchev–Trinajstić information content (AvgIpc) is 2.32. The van der Waals surface area contributed by atoms with Crippen molar-refractivity contribution in [2.24, 2.45) is 0 Å². The second kappa shape index (κ2) is 6.41. The number of carbonyl (C=O) groups is 1. The number of benzene rings is 1. The Morgan fingerprint density at radius 1 is 1.56 bits per heavy atom. The van der Waals surface area contributed by atoms with Gasteiger partial charge in [0, 0.05) is 18.3 Å². The van der Waals surface area contributed by atoms with Gasteiger partial charge in [0.05, 0.1) is 22.5 Å². The summed E-state index contributed by atoms with van der Waals surface area (Å²) in [6.07, 6.45) is 0.323. The first-order chi connectivity index (χ1) is 8.49. The third-order valence-electron chi connectivity index (χ3n) is 2.61. The second-order valence-corrected chi connectivity index (χ2v) is 5.00. The molecule has 1 rings (SSSR count). The Morgan fingerprint density at radius 2 is 2.22 bits per heavy atom. The van der Waals surface area contributed by atoms with Crippen LogP contribution >= 0.6 is 15.9 Å². The number of nitrogen functional groups attached to an aromatic ring is 1. The normalized spacial score (nSPS) is 10.2. The number of nitriles is 1. The number of hydrogen-bond donors (Lipinski definition) is 1. The Hall–Kier alpha value is -1.54. The zero-order valence-corrected chi connectivity index (χ0v) is 12.1. The van der Waals surface area contributed by atoms with Crippen LogP contribution in [0.1, 0.15) is 30.6 Å². The fourth-order valence-corrected chi connectivity index (χ4v) is 2.07. The first-order valence-corrected chi connectivity index (χ1v) is 6.50. The maximum atomic E-state index is 12.4. The number of amides is 1. The van der Waals surface area contributed by atoms with E-state index in [1.54, 1.807) is 23.1 Å². The van der Waals surface area contributed by atoms with Crippen LogP contribution in [0.3, 0.4) is 0 Å². The van der Waals surface area contributed by atoms with Gasteiger partial charge in [0.25, 0.3) is 5.91 Å². The van der Waals surface area contributed by atoms with Gasteiger partial charge in [-0.2, -0.15) is 5.26 Å². The van der Waals surface area contributed by atoms with Crippen LogP contribution in [0.4, 0.5) is 5.69 Å². The molecular formula is C13H16BrN3O. The van der Waals surface area contributed by atoms with Crippen LogP contribution in [0.15, 0.2) is 22.7 Å². The van der Waals surface area contributed by atoms with E-state index in [1.165, 1.54) is 0 Å². The van der Waals surface area contributed by atoms with Gasteiger partial charge in [-0.1, -0.05) is 6.07 Å². The number of nitrogens with two attached hydrogens (primary N) is 1. The van der Waals surface area contributed by atoms with Crippen molar-refractivity contribution < 1.29 is 4.79 Å². The Labute approximate surface area is 116 Å². The van der Waals surface area contributed by atoms with Crippen LogP contribution in [-0.2, 0) is 0 Å². The summed E-state index contributed by atoms with van der Waals surface area (Å²) in [5.74, 6) is -0.112. The molecule has 0 radical (unpaired) electrons. The van der Waals surface area contributed by atoms with Crippen LogP contribution in [-0.4, -0.2) is 23.4 Å². The number of hydrogen-bond acceptors (Lipinski definition) is 3. The molecule has 2 N–H and O–H groups in total. The first kappa shape index (κ1) is 14.5. The largest absolute Gasteiger partial charge is 0.398 e. The van der Waals surface area contributed by atoms with Gasteiger partial charge in [-0.15, -0.1) is 0 Å². The molecular weight excluding hydrogens is 294 g/mol. The molecule has 1 aromatic carbocycles. The van der Waals surface area contributed by atoms with Crippen molar-refractivity contribution in [3.05, 3.63) is 28.2 Å². The number of halogens is 1. The molecule has 0 atom stereocenters. The Balaban J connectivity index is 3.03. The summed E-state index contributed by atoms with van der Waals surface area (Å²) in [7, 11) is 0. The molecule has 4 nitrogen and oxygen atoms in total. The van der Waals surface area contributed by atoms with Crippen molar-refractivity contribution in [1.29, 1.82) is 5.26 Å². The molecule has 18 heavy (non-hydrogen) atoms. The van der Waals surface area contributed by atoms with Crippen LogP contribution in [0.2, 0.25) is 0 Å². The van der Waals surface area contributed by atoms with Crippen LogP contribution < -0.4 is 5.73 Å². The minimum atomic E-state index is -0.112. The van der Waals surface area contributed by atoms with Crippen molar-refractivity contribution in [3.63, 3.8) is 0 Å². The Morgan fingerprint density at radius 3 is 2.78 bits per heavy atom. The lowest BCUT2D eigenvalue weighted by Crippen LogP contribution is -2.37. The van der Waals surface area contributed by atoms with Gasteiger partial charge in [0.1, 0.15) is 0 Å².